The largest absolute Gasteiger partial charge is 0.355 e. The van der Waals surface area contributed by atoms with Crippen molar-refractivity contribution >= 4 is 5.91 Å². The molecule has 0 aromatic heterocycles. The van der Waals surface area contributed by atoms with E-state index < -0.39 is 0 Å². The molecular formula is C16H28N2O. The summed E-state index contributed by atoms with van der Waals surface area (Å²) in [5, 5.41) is 6.34. The van der Waals surface area contributed by atoms with Crippen molar-refractivity contribution in [3.63, 3.8) is 0 Å². The van der Waals surface area contributed by atoms with Crippen molar-refractivity contribution < 1.29 is 4.79 Å². The van der Waals surface area contributed by atoms with Crippen LogP contribution in [0.3, 0.4) is 0 Å². The highest BCUT2D eigenvalue weighted by atomic mass is 16.1. The summed E-state index contributed by atoms with van der Waals surface area (Å²) in [4.78, 5) is 10.8. The summed E-state index contributed by atoms with van der Waals surface area (Å²) < 4.78 is 0. The van der Waals surface area contributed by atoms with Crippen LogP contribution in [0, 0.1) is 23.2 Å². The number of rotatable bonds is 6. The van der Waals surface area contributed by atoms with Crippen LogP contribution in [0.1, 0.15) is 51.9 Å². The first-order chi connectivity index (χ1) is 9.15. The molecule has 0 aromatic carbocycles. The molecule has 4 bridgehead atoms. The maximum Gasteiger partial charge on any atom is 0.216 e. The molecular weight excluding hydrogens is 236 g/mol. The van der Waals surface area contributed by atoms with Gasteiger partial charge in [-0.1, -0.05) is 0 Å². The molecule has 108 valence electrons. The van der Waals surface area contributed by atoms with Gasteiger partial charge < -0.3 is 10.6 Å². The Morgan fingerprint density at radius 2 is 1.58 bits per heavy atom. The summed E-state index contributed by atoms with van der Waals surface area (Å²) in [5.74, 6) is 3.25. The molecule has 4 rings (SSSR count). The lowest BCUT2D eigenvalue weighted by molar-refractivity contribution is -0.118. The molecule has 0 atom stereocenters. The molecule has 2 N–H and O–H groups in total. The van der Waals surface area contributed by atoms with Gasteiger partial charge in [-0.25, -0.2) is 0 Å². The molecule has 0 saturated heterocycles. The van der Waals surface area contributed by atoms with Crippen LogP contribution in [0.4, 0.5) is 0 Å². The topological polar surface area (TPSA) is 41.1 Å². The SMILES string of the molecule is CC(=O)NCCNCCC12CC3CC(CC(C3)C1)C2. The van der Waals surface area contributed by atoms with Crippen molar-refractivity contribution in [1.29, 1.82) is 0 Å². The first kappa shape index (κ1) is 13.4. The van der Waals surface area contributed by atoms with Gasteiger partial charge in [0.1, 0.15) is 0 Å². The number of hydrogen-bond donors (Lipinski definition) is 2. The summed E-state index contributed by atoms with van der Waals surface area (Å²) in [5.41, 5.74) is 0.690. The second kappa shape index (κ2) is 5.43. The van der Waals surface area contributed by atoms with E-state index in [0.717, 1.165) is 37.4 Å². The van der Waals surface area contributed by atoms with E-state index in [1.165, 1.54) is 44.9 Å². The smallest absolute Gasteiger partial charge is 0.216 e. The standard InChI is InChI=1S/C16H28N2O/c1-12(19)18-5-4-17-3-2-16-9-13-6-14(10-16)8-15(7-13)11-16/h13-15,17H,2-11H2,1H3,(H,18,19). The van der Waals surface area contributed by atoms with E-state index in [1.807, 2.05) is 0 Å². The third-order valence-electron chi connectivity index (χ3n) is 5.67. The molecule has 0 radical (unpaired) electrons. The first-order valence-electron chi connectivity index (χ1n) is 8.10. The highest BCUT2D eigenvalue weighted by Gasteiger charge is 2.50. The second-order valence-corrected chi connectivity index (χ2v) is 7.40. The Bertz CT molecular complexity index is 304. The fraction of sp³-hybridized carbons (Fsp3) is 0.938. The van der Waals surface area contributed by atoms with Crippen LogP contribution in [0.25, 0.3) is 0 Å². The molecule has 4 fully saturated rings. The van der Waals surface area contributed by atoms with Crippen LogP contribution >= 0.6 is 0 Å². The van der Waals surface area contributed by atoms with Gasteiger partial charge in [0.05, 0.1) is 0 Å². The minimum Gasteiger partial charge on any atom is -0.355 e. The lowest BCUT2D eigenvalue weighted by atomic mass is 9.49. The van der Waals surface area contributed by atoms with Crippen molar-refractivity contribution in [1.82, 2.24) is 10.6 Å². The van der Waals surface area contributed by atoms with E-state index in [2.05, 4.69) is 10.6 Å². The van der Waals surface area contributed by atoms with Crippen molar-refractivity contribution in [3.8, 4) is 0 Å². The second-order valence-electron chi connectivity index (χ2n) is 7.40. The van der Waals surface area contributed by atoms with E-state index in [9.17, 15) is 4.79 Å². The van der Waals surface area contributed by atoms with Crippen LogP contribution in [0.15, 0.2) is 0 Å². The number of nitrogens with one attached hydrogen (secondary N) is 2. The molecule has 0 unspecified atom stereocenters. The van der Waals surface area contributed by atoms with Gasteiger partial charge in [-0.2, -0.15) is 0 Å². The highest BCUT2D eigenvalue weighted by Crippen LogP contribution is 2.61. The minimum atomic E-state index is 0.0721. The zero-order valence-corrected chi connectivity index (χ0v) is 12.2. The zero-order valence-electron chi connectivity index (χ0n) is 12.2. The predicted octanol–water partition coefficient (Wildman–Crippen LogP) is 2.32. The van der Waals surface area contributed by atoms with Crippen LogP contribution in [-0.2, 0) is 4.79 Å². The van der Waals surface area contributed by atoms with Crippen molar-refractivity contribution in [2.24, 2.45) is 23.2 Å². The van der Waals surface area contributed by atoms with E-state index in [0.29, 0.717) is 5.41 Å². The van der Waals surface area contributed by atoms with Gasteiger partial charge in [-0.15, -0.1) is 0 Å². The molecule has 0 aliphatic heterocycles. The molecule has 4 aliphatic rings. The molecule has 19 heavy (non-hydrogen) atoms. The molecule has 3 heteroatoms. The molecule has 0 heterocycles. The molecule has 3 nitrogen and oxygen atoms in total. The van der Waals surface area contributed by atoms with E-state index >= 15 is 0 Å². The van der Waals surface area contributed by atoms with Gasteiger partial charge in [0.25, 0.3) is 0 Å². The number of amides is 1. The average molecular weight is 264 g/mol. The van der Waals surface area contributed by atoms with Crippen LogP contribution < -0.4 is 10.6 Å². The van der Waals surface area contributed by atoms with E-state index in [4.69, 9.17) is 0 Å². The van der Waals surface area contributed by atoms with Gasteiger partial charge in [-0.3, -0.25) is 4.79 Å². The number of hydrogen-bond acceptors (Lipinski definition) is 2. The Kier molecular flexibility index (Phi) is 3.84. The Hall–Kier alpha value is -0.570. The average Bonchev–Trinajstić information content (AvgIpc) is 2.31. The predicted molar refractivity (Wildman–Crippen MR) is 76.8 cm³/mol. The molecule has 1 amide bonds. The van der Waals surface area contributed by atoms with Crippen LogP contribution in [-0.4, -0.2) is 25.5 Å². The summed E-state index contributed by atoms with van der Waals surface area (Å²) in [6.45, 7) is 4.38. The van der Waals surface area contributed by atoms with Crippen molar-refractivity contribution in [3.05, 3.63) is 0 Å². The summed E-state index contributed by atoms with van der Waals surface area (Å²) >= 11 is 0. The monoisotopic (exact) mass is 264 g/mol. The molecule has 4 aliphatic carbocycles. The van der Waals surface area contributed by atoms with Gasteiger partial charge in [0.2, 0.25) is 5.91 Å². The van der Waals surface area contributed by atoms with Gasteiger partial charge in [-0.05, 0) is 74.7 Å². The normalized spacial score (nSPS) is 39.5. The van der Waals surface area contributed by atoms with Gasteiger partial charge >= 0.3 is 0 Å². The maximum absolute atomic E-state index is 10.8. The summed E-state index contributed by atoms with van der Waals surface area (Å²) in [6, 6.07) is 0. The third-order valence-corrected chi connectivity index (χ3v) is 5.67. The third kappa shape index (κ3) is 3.13. The lowest BCUT2D eigenvalue weighted by Crippen LogP contribution is -2.47. The maximum atomic E-state index is 10.8. The Morgan fingerprint density at radius 3 is 2.11 bits per heavy atom. The number of carbonyl (C=O) groups is 1. The molecule has 0 aromatic rings. The van der Waals surface area contributed by atoms with Gasteiger partial charge in [0, 0.05) is 20.0 Å². The fourth-order valence-electron chi connectivity index (χ4n) is 5.40. The van der Waals surface area contributed by atoms with Crippen molar-refractivity contribution in [2.75, 3.05) is 19.6 Å². The Morgan fingerprint density at radius 1 is 1.00 bits per heavy atom. The quantitative estimate of drug-likeness (QED) is 0.723. The highest BCUT2D eigenvalue weighted by molar-refractivity contribution is 5.72. The lowest BCUT2D eigenvalue weighted by Gasteiger charge is -2.57. The van der Waals surface area contributed by atoms with E-state index in [1.54, 1.807) is 6.92 Å². The Labute approximate surface area is 116 Å². The molecule has 0 spiro atoms. The number of carbonyl (C=O) groups excluding carboxylic acids is 1. The van der Waals surface area contributed by atoms with Crippen LogP contribution in [0.5, 0.6) is 0 Å². The fourth-order valence-corrected chi connectivity index (χ4v) is 5.40. The summed E-state index contributed by atoms with van der Waals surface area (Å²) in [7, 11) is 0. The molecule has 4 saturated carbocycles. The minimum absolute atomic E-state index is 0.0721. The zero-order chi connectivity index (χ0) is 13.3. The van der Waals surface area contributed by atoms with E-state index in [-0.39, 0.29) is 5.91 Å². The Balaban J connectivity index is 1.39. The van der Waals surface area contributed by atoms with Crippen LogP contribution in [0.2, 0.25) is 0 Å². The van der Waals surface area contributed by atoms with Crippen molar-refractivity contribution in [2.45, 2.75) is 51.9 Å². The van der Waals surface area contributed by atoms with Gasteiger partial charge in [0.15, 0.2) is 0 Å². The first-order valence-corrected chi connectivity index (χ1v) is 8.10. The summed E-state index contributed by atoms with van der Waals surface area (Å²) in [6.07, 6.45) is 10.5.